The van der Waals surface area contributed by atoms with Gasteiger partial charge in [-0.1, -0.05) is 29.8 Å². The van der Waals surface area contributed by atoms with Crippen LogP contribution in [0, 0.1) is 5.92 Å². The molecule has 1 amide bonds. The number of aryl methyl sites for hydroxylation is 1. The van der Waals surface area contributed by atoms with Crippen molar-refractivity contribution in [3.05, 3.63) is 52.3 Å². The van der Waals surface area contributed by atoms with E-state index >= 15 is 0 Å². The minimum atomic E-state index is -2.83. The van der Waals surface area contributed by atoms with E-state index in [9.17, 15) is 13.6 Å². The summed E-state index contributed by atoms with van der Waals surface area (Å²) in [5, 5.41) is 5.53. The van der Waals surface area contributed by atoms with Crippen molar-refractivity contribution in [2.45, 2.75) is 31.7 Å². The molecule has 0 spiro atoms. The first kappa shape index (κ1) is 18.8. The van der Waals surface area contributed by atoms with Gasteiger partial charge in [0.2, 0.25) is 0 Å². The Morgan fingerprint density at radius 1 is 1.42 bits per heavy atom. The predicted molar refractivity (Wildman–Crippen MR) is 93.1 cm³/mol. The van der Waals surface area contributed by atoms with E-state index in [0.717, 1.165) is 17.0 Å². The van der Waals surface area contributed by atoms with Crippen molar-refractivity contribution < 1.29 is 18.4 Å². The van der Waals surface area contributed by atoms with E-state index in [0.29, 0.717) is 5.02 Å². The highest BCUT2D eigenvalue weighted by atomic mass is 35.5. The van der Waals surface area contributed by atoms with Gasteiger partial charge in [-0.3, -0.25) is 14.3 Å². The second-order valence-corrected chi connectivity index (χ2v) is 6.89. The molecule has 3 atom stereocenters. The number of carbonyl (C=O) groups excluding carboxylic acids is 1. The second-order valence-electron chi connectivity index (χ2n) is 6.48. The Kier molecular flexibility index (Phi) is 5.29. The van der Waals surface area contributed by atoms with Gasteiger partial charge in [0.05, 0.1) is 18.7 Å². The van der Waals surface area contributed by atoms with Crippen LogP contribution in [0.25, 0.3) is 0 Å². The third-order valence-corrected chi connectivity index (χ3v) is 5.17. The van der Waals surface area contributed by atoms with E-state index in [1.165, 1.54) is 25.0 Å². The standard InChI is InChI=1S/C18H20ClF2N3O2/c1-10(12-8-13(12)11-6-4-5-7-15(11)19)24(26-3)18(25)14-9-23(2)22-16(14)17(20)21/h4-7,9-10,12-13,17H,8H2,1-3H3. The Hall–Kier alpha value is -1.99. The molecule has 3 rings (SSSR count). The average Bonchev–Trinajstić information content (AvgIpc) is 3.29. The number of hydroxylamine groups is 2. The molecule has 1 heterocycles. The van der Waals surface area contributed by atoms with Gasteiger partial charge in [0.15, 0.2) is 0 Å². The second kappa shape index (κ2) is 7.32. The highest BCUT2D eigenvalue weighted by Gasteiger charge is 2.46. The normalized spacial score (nSPS) is 20.3. The number of halogens is 3. The number of amides is 1. The lowest BCUT2D eigenvalue weighted by atomic mass is 10.1. The number of carbonyl (C=O) groups is 1. The van der Waals surface area contributed by atoms with Crippen LogP contribution in [0.4, 0.5) is 8.78 Å². The first-order chi connectivity index (χ1) is 12.3. The summed E-state index contributed by atoms with van der Waals surface area (Å²) < 4.78 is 27.5. The molecular weight excluding hydrogens is 364 g/mol. The molecule has 1 aliphatic rings. The van der Waals surface area contributed by atoms with Crippen LogP contribution in [-0.2, 0) is 11.9 Å². The van der Waals surface area contributed by atoms with E-state index in [1.54, 1.807) is 0 Å². The molecule has 0 aliphatic heterocycles. The number of nitrogens with zero attached hydrogens (tertiary/aromatic N) is 3. The largest absolute Gasteiger partial charge is 0.282 e. The molecular formula is C18H20ClF2N3O2. The summed E-state index contributed by atoms with van der Waals surface area (Å²) in [5.41, 5.74) is 0.348. The summed E-state index contributed by atoms with van der Waals surface area (Å²) >= 11 is 6.25. The quantitative estimate of drug-likeness (QED) is 0.702. The molecule has 1 aromatic heterocycles. The van der Waals surface area contributed by atoms with Crippen LogP contribution in [0.3, 0.4) is 0 Å². The lowest BCUT2D eigenvalue weighted by Gasteiger charge is -2.27. The zero-order chi connectivity index (χ0) is 19.0. The summed E-state index contributed by atoms with van der Waals surface area (Å²) in [7, 11) is 2.86. The Balaban J connectivity index is 1.79. The molecule has 1 fully saturated rings. The van der Waals surface area contributed by atoms with Crippen LogP contribution in [-0.4, -0.2) is 33.9 Å². The van der Waals surface area contributed by atoms with Gasteiger partial charge in [-0.15, -0.1) is 0 Å². The summed E-state index contributed by atoms with van der Waals surface area (Å²) in [5.74, 6) is -0.258. The maximum atomic E-state index is 13.2. The fourth-order valence-electron chi connectivity index (χ4n) is 3.44. The molecule has 5 nitrogen and oxygen atoms in total. The maximum Gasteiger partial charge on any atom is 0.282 e. The van der Waals surface area contributed by atoms with E-state index in [4.69, 9.17) is 16.4 Å². The molecule has 0 radical (unpaired) electrons. The van der Waals surface area contributed by atoms with Gasteiger partial charge >= 0.3 is 0 Å². The van der Waals surface area contributed by atoms with Gasteiger partial charge in [-0.05, 0) is 36.8 Å². The van der Waals surface area contributed by atoms with Crippen LogP contribution in [0.1, 0.15) is 47.3 Å². The first-order valence-corrected chi connectivity index (χ1v) is 8.66. The predicted octanol–water partition coefficient (Wildman–Crippen LogP) is 4.21. The van der Waals surface area contributed by atoms with E-state index in [-0.39, 0.29) is 23.4 Å². The molecule has 1 aromatic carbocycles. The number of alkyl halides is 2. The van der Waals surface area contributed by atoms with E-state index in [2.05, 4.69) is 5.10 Å². The summed E-state index contributed by atoms with van der Waals surface area (Å²) in [6, 6.07) is 7.30. The Bertz CT molecular complexity index is 811. The molecule has 1 aliphatic carbocycles. The highest BCUT2D eigenvalue weighted by molar-refractivity contribution is 6.31. The van der Waals surface area contributed by atoms with Crippen molar-refractivity contribution in [2.24, 2.45) is 13.0 Å². The summed E-state index contributed by atoms with van der Waals surface area (Å²) in [6.07, 6.45) is -0.686. The topological polar surface area (TPSA) is 47.4 Å². The van der Waals surface area contributed by atoms with Gasteiger partial charge < -0.3 is 0 Å². The molecule has 140 valence electrons. The van der Waals surface area contributed by atoms with Crippen molar-refractivity contribution in [3.63, 3.8) is 0 Å². The number of aromatic nitrogens is 2. The monoisotopic (exact) mass is 383 g/mol. The van der Waals surface area contributed by atoms with Crippen LogP contribution in [0.2, 0.25) is 5.02 Å². The third kappa shape index (κ3) is 3.46. The minimum absolute atomic E-state index is 0.144. The number of rotatable bonds is 6. The van der Waals surface area contributed by atoms with Gasteiger partial charge in [0.1, 0.15) is 5.69 Å². The Morgan fingerprint density at radius 3 is 2.73 bits per heavy atom. The van der Waals surface area contributed by atoms with Crippen LogP contribution >= 0.6 is 11.6 Å². The van der Waals surface area contributed by atoms with E-state index in [1.807, 2.05) is 31.2 Å². The fraction of sp³-hybridized carbons (Fsp3) is 0.444. The van der Waals surface area contributed by atoms with Crippen molar-refractivity contribution in [1.82, 2.24) is 14.8 Å². The lowest BCUT2D eigenvalue weighted by molar-refractivity contribution is -0.124. The van der Waals surface area contributed by atoms with E-state index < -0.39 is 18.0 Å². The molecule has 2 aromatic rings. The Labute approximate surface area is 155 Å². The highest BCUT2D eigenvalue weighted by Crippen LogP contribution is 2.52. The molecule has 8 heteroatoms. The summed E-state index contributed by atoms with van der Waals surface area (Å²) in [4.78, 5) is 18.0. The maximum absolute atomic E-state index is 13.2. The third-order valence-electron chi connectivity index (χ3n) is 4.83. The van der Waals surface area contributed by atoms with Crippen LogP contribution < -0.4 is 0 Å². The number of benzene rings is 1. The summed E-state index contributed by atoms with van der Waals surface area (Å²) in [6.45, 7) is 1.85. The van der Waals surface area contributed by atoms with Gasteiger partial charge in [-0.25, -0.2) is 13.8 Å². The van der Waals surface area contributed by atoms with Crippen molar-refractivity contribution in [1.29, 1.82) is 0 Å². The van der Waals surface area contributed by atoms with Crippen molar-refractivity contribution >= 4 is 17.5 Å². The SMILES string of the molecule is CON(C(=O)c1cn(C)nc1C(F)F)C(C)C1CC1c1ccccc1Cl. The van der Waals surface area contributed by atoms with Gasteiger partial charge in [0, 0.05) is 18.3 Å². The lowest BCUT2D eigenvalue weighted by Crippen LogP contribution is -2.39. The average molecular weight is 384 g/mol. The van der Waals surface area contributed by atoms with Gasteiger partial charge in [0.25, 0.3) is 12.3 Å². The van der Waals surface area contributed by atoms with Gasteiger partial charge in [-0.2, -0.15) is 5.10 Å². The molecule has 1 saturated carbocycles. The fourth-order valence-corrected chi connectivity index (χ4v) is 3.72. The molecule has 0 saturated heterocycles. The molecule has 0 bridgehead atoms. The van der Waals surface area contributed by atoms with Crippen LogP contribution in [0.5, 0.6) is 0 Å². The van der Waals surface area contributed by atoms with Crippen LogP contribution in [0.15, 0.2) is 30.5 Å². The minimum Gasteiger partial charge on any atom is -0.275 e. The smallest absolute Gasteiger partial charge is 0.275 e. The number of hydrogen-bond donors (Lipinski definition) is 0. The molecule has 3 unspecified atom stereocenters. The van der Waals surface area contributed by atoms with Crippen molar-refractivity contribution in [3.8, 4) is 0 Å². The zero-order valence-corrected chi connectivity index (χ0v) is 15.5. The number of hydrogen-bond acceptors (Lipinski definition) is 3. The Morgan fingerprint density at radius 2 is 2.12 bits per heavy atom. The zero-order valence-electron chi connectivity index (χ0n) is 14.7. The molecule has 0 N–H and O–H groups in total. The molecule has 26 heavy (non-hydrogen) atoms. The van der Waals surface area contributed by atoms with Crippen molar-refractivity contribution in [2.75, 3.05) is 7.11 Å². The first-order valence-electron chi connectivity index (χ1n) is 8.29.